The molecule has 1 saturated heterocycles. The van der Waals surface area contributed by atoms with Gasteiger partial charge in [-0.1, -0.05) is 19.1 Å². The fraction of sp³-hybridized carbons (Fsp3) is 0.500. The van der Waals surface area contributed by atoms with Gasteiger partial charge in [-0.15, -0.1) is 0 Å². The highest BCUT2D eigenvalue weighted by Crippen LogP contribution is 2.21. The summed E-state index contributed by atoms with van der Waals surface area (Å²) in [6.45, 7) is 2.83. The van der Waals surface area contributed by atoms with Crippen molar-refractivity contribution >= 4 is 11.6 Å². The van der Waals surface area contributed by atoms with E-state index in [1.165, 1.54) is 0 Å². The number of aliphatic hydroxyl groups excluding tert-OH is 1. The molecule has 1 heterocycles. The highest BCUT2D eigenvalue weighted by Gasteiger charge is 2.30. The van der Waals surface area contributed by atoms with Crippen molar-refractivity contribution in [2.45, 2.75) is 25.9 Å². The molecule has 1 aromatic rings. The third-order valence-corrected chi connectivity index (χ3v) is 3.27. The van der Waals surface area contributed by atoms with Crippen molar-refractivity contribution in [1.29, 1.82) is 0 Å². The van der Waals surface area contributed by atoms with Gasteiger partial charge in [0, 0.05) is 18.9 Å². The van der Waals surface area contributed by atoms with E-state index in [2.05, 4.69) is 5.32 Å². The second-order valence-corrected chi connectivity index (χ2v) is 4.72. The number of carbonyl (C=O) groups excluding carboxylic acids is 1. The predicted molar refractivity (Wildman–Crippen MR) is 69.4 cm³/mol. The van der Waals surface area contributed by atoms with Crippen LogP contribution in [0.4, 0.5) is 5.69 Å². The summed E-state index contributed by atoms with van der Waals surface area (Å²) in [6, 6.07) is 7.51. The summed E-state index contributed by atoms with van der Waals surface area (Å²) in [5.41, 5.74) is 1.82. The number of hydrogen-bond donors (Lipinski definition) is 2. The molecule has 1 amide bonds. The SMILES string of the molecule is CC1CCOC1C(=O)Nc1ccc(CCO)cc1. The van der Waals surface area contributed by atoms with Crippen molar-refractivity contribution in [2.24, 2.45) is 5.92 Å². The predicted octanol–water partition coefficient (Wildman–Crippen LogP) is 1.58. The van der Waals surface area contributed by atoms with E-state index in [9.17, 15) is 4.79 Å². The number of hydrogen-bond acceptors (Lipinski definition) is 3. The summed E-state index contributed by atoms with van der Waals surface area (Å²) in [4.78, 5) is 12.0. The molecular weight excluding hydrogens is 230 g/mol. The molecule has 2 rings (SSSR count). The molecule has 4 nitrogen and oxygen atoms in total. The van der Waals surface area contributed by atoms with Crippen molar-refractivity contribution in [3.05, 3.63) is 29.8 Å². The van der Waals surface area contributed by atoms with E-state index in [-0.39, 0.29) is 24.5 Å². The van der Waals surface area contributed by atoms with Crippen molar-refractivity contribution in [1.82, 2.24) is 0 Å². The summed E-state index contributed by atoms with van der Waals surface area (Å²) >= 11 is 0. The average molecular weight is 249 g/mol. The first-order chi connectivity index (χ1) is 8.70. The van der Waals surface area contributed by atoms with Crippen LogP contribution in [0.2, 0.25) is 0 Å². The van der Waals surface area contributed by atoms with Crippen LogP contribution >= 0.6 is 0 Å². The molecule has 0 saturated carbocycles. The summed E-state index contributed by atoms with van der Waals surface area (Å²) in [6.07, 6.45) is 1.24. The number of benzene rings is 1. The third-order valence-electron chi connectivity index (χ3n) is 3.27. The Hall–Kier alpha value is -1.39. The fourth-order valence-electron chi connectivity index (χ4n) is 2.13. The first kappa shape index (κ1) is 13.1. The average Bonchev–Trinajstić information content (AvgIpc) is 2.78. The molecule has 1 aliphatic heterocycles. The highest BCUT2D eigenvalue weighted by molar-refractivity contribution is 5.94. The van der Waals surface area contributed by atoms with Gasteiger partial charge >= 0.3 is 0 Å². The number of carbonyl (C=O) groups is 1. The molecular formula is C14H19NO3. The van der Waals surface area contributed by atoms with E-state index >= 15 is 0 Å². The maximum absolute atomic E-state index is 12.0. The van der Waals surface area contributed by atoms with Crippen molar-refractivity contribution in [3.63, 3.8) is 0 Å². The van der Waals surface area contributed by atoms with Crippen LogP contribution in [0.5, 0.6) is 0 Å². The van der Waals surface area contributed by atoms with Gasteiger partial charge in [-0.3, -0.25) is 4.79 Å². The van der Waals surface area contributed by atoms with E-state index in [0.29, 0.717) is 13.0 Å². The van der Waals surface area contributed by atoms with Crippen LogP contribution < -0.4 is 5.32 Å². The lowest BCUT2D eigenvalue weighted by Crippen LogP contribution is -2.31. The topological polar surface area (TPSA) is 58.6 Å². The number of nitrogens with one attached hydrogen (secondary N) is 1. The number of anilines is 1. The second-order valence-electron chi connectivity index (χ2n) is 4.72. The lowest BCUT2D eigenvalue weighted by atomic mass is 10.0. The van der Waals surface area contributed by atoms with E-state index in [1.54, 1.807) is 0 Å². The Kier molecular flexibility index (Phi) is 4.33. The Morgan fingerprint density at radius 3 is 2.72 bits per heavy atom. The molecule has 0 radical (unpaired) electrons. The van der Waals surface area contributed by atoms with Crippen LogP contribution in [-0.2, 0) is 16.0 Å². The van der Waals surface area contributed by atoms with E-state index in [0.717, 1.165) is 17.7 Å². The molecule has 1 fully saturated rings. The van der Waals surface area contributed by atoms with Crippen LogP contribution in [0.1, 0.15) is 18.9 Å². The Bertz CT molecular complexity index is 402. The Morgan fingerprint density at radius 1 is 1.44 bits per heavy atom. The Balaban J connectivity index is 1.94. The van der Waals surface area contributed by atoms with Gasteiger partial charge in [0.05, 0.1) is 0 Å². The molecule has 1 aromatic carbocycles. The molecule has 18 heavy (non-hydrogen) atoms. The lowest BCUT2D eigenvalue weighted by molar-refractivity contribution is -0.126. The van der Waals surface area contributed by atoms with Crippen LogP contribution in [0.15, 0.2) is 24.3 Å². The van der Waals surface area contributed by atoms with E-state index in [4.69, 9.17) is 9.84 Å². The Morgan fingerprint density at radius 2 is 2.17 bits per heavy atom. The lowest BCUT2D eigenvalue weighted by Gasteiger charge is -2.14. The normalized spacial score (nSPS) is 23.0. The third kappa shape index (κ3) is 3.09. The van der Waals surface area contributed by atoms with Crippen molar-refractivity contribution < 1.29 is 14.6 Å². The van der Waals surface area contributed by atoms with Gasteiger partial charge in [0.2, 0.25) is 0 Å². The summed E-state index contributed by atoms with van der Waals surface area (Å²) < 4.78 is 5.42. The zero-order valence-corrected chi connectivity index (χ0v) is 10.6. The van der Waals surface area contributed by atoms with Gasteiger partial charge in [-0.25, -0.2) is 0 Å². The Labute approximate surface area is 107 Å². The monoisotopic (exact) mass is 249 g/mol. The van der Waals surface area contributed by atoms with Crippen LogP contribution in [0.25, 0.3) is 0 Å². The second kappa shape index (κ2) is 5.98. The van der Waals surface area contributed by atoms with Gasteiger partial charge < -0.3 is 15.2 Å². The summed E-state index contributed by atoms with van der Waals surface area (Å²) in [7, 11) is 0. The van der Waals surface area contributed by atoms with Crippen LogP contribution in [-0.4, -0.2) is 30.3 Å². The van der Waals surface area contributed by atoms with Crippen molar-refractivity contribution in [3.8, 4) is 0 Å². The van der Waals surface area contributed by atoms with Gasteiger partial charge in [0.15, 0.2) is 0 Å². The number of ether oxygens (including phenoxy) is 1. The highest BCUT2D eigenvalue weighted by atomic mass is 16.5. The van der Waals surface area contributed by atoms with Crippen LogP contribution in [0.3, 0.4) is 0 Å². The minimum atomic E-state index is -0.331. The minimum absolute atomic E-state index is 0.0742. The smallest absolute Gasteiger partial charge is 0.253 e. The molecule has 0 bridgehead atoms. The first-order valence-corrected chi connectivity index (χ1v) is 6.33. The largest absolute Gasteiger partial charge is 0.396 e. The molecule has 0 aliphatic carbocycles. The van der Waals surface area contributed by atoms with Crippen molar-refractivity contribution in [2.75, 3.05) is 18.5 Å². The minimum Gasteiger partial charge on any atom is -0.396 e. The van der Waals surface area contributed by atoms with Gasteiger partial charge in [0.1, 0.15) is 6.10 Å². The molecule has 0 aromatic heterocycles. The number of amides is 1. The van der Waals surface area contributed by atoms with Crippen LogP contribution in [0, 0.1) is 5.92 Å². The maximum Gasteiger partial charge on any atom is 0.253 e. The summed E-state index contributed by atoms with van der Waals surface area (Å²) in [5, 5.41) is 11.7. The summed E-state index contributed by atoms with van der Waals surface area (Å²) in [5.74, 6) is 0.202. The molecule has 2 atom stereocenters. The first-order valence-electron chi connectivity index (χ1n) is 6.33. The molecule has 1 aliphatic rings. The number of aliphatic hydroxyl groups is 1. The zero-order valence-electron chi connectivity index (χ0n) is 10.6. The molecule has 4 heteroatoms. The molecule has 2 unspecified atom stereocenters. The maximum atomic E-state index is 12.0. The van der Waals surface area contributed by atoms with E-state index in [1.807, 2.05) is 31.2 Å². The molecule has 98 valence electrons. The number of rotatable bonds is 4. The molecule has 0 spiro atoms. The molecule has 2 N–H and O–H groups in total. The van der Waals surface area contributed by atoms with E-state index < -0.39 is 0 Å². The quantitative estimate of drug-likeness (QED) is 0.852. The zero-order chi connectivity index (χ0) is 13.0. The fourth-order valence-corrected chi connectivity index (χ4v) is 2.13. The van der Waals surface area contributed by atoms with Gasteiger partial charge in [0.25, 0.3) is 5.91 Å². The van der Waals surface area contributed by atoms with Gasteiger partial charge in [-0.2, -0.15) is 0 Å². The van der Waals surface area contributed by atoms with Gasteiger partial charge in [-0.05, 0) is 36.5 Å². The standard InChI is InChI=1S/C14H19NO3/c1-10-7-9-18-13(10)14(17)15-12-4-2-11(3-5-12)6-8-16/h2-5,10,13,16H,6-9H2,1H3,(H,15,17).